The van der Waals surface area contributed by atoms with Gasteiger partial charge in [0.15, 0.2) is 0 Å². The Bertz CT molecular complexity index is 320. The Labute approximate surface area is 88.9 Å². The van der Waals surface area contributed by atoms with Crippen LogP contribution < -0.4 is 0 Å². The second kappa shape index (κ2) is 3.51. The molecular formula is C11H12Cl2. The van der Waals surface area contributed by atoms with Crippen LogP contribution in [-0.4, -0.2) is 0 Å². The first kappa shape index (κ1) is 9.36. The van der Waals surface area contributed by atoms with Crippen molar-refractivity contribution >= 4 is 23.2 Å². The molecule has 0 fully saturated rings. The molecule has 0 spiro atoms. The number of benzene rings is 1. The van der Waals surface area contributed by atoms with Crippen LogP contribution in [0.1, 0.15) is 42.2 Å². The van der Waals surface area contributed by atoms with Gasteiger partial charge in [0.1, 0.15) is 0 Å². The quantitative estimate of drug-likeness (QED) is 0.558. The van der Waals surface area contributed by atoms with E-state index in [0.29, 0.717) is 5.92 Å². The van der Waals surface area contributed by atoms with Crippen LogP contribution in [0.15, 0.2) is 18.2 Å². The van der Waals surface area contributed by atoms with Crippen LogP contribution in [0, 0.1) is 0 Å². The highest BCUT2D eigenvalue weighted by molar-refractivity contribution is 6.30. The Hall–Kier alpha value is -0.200. The zero-order valence-corrected chi connectivity index (χ0v) is 9.07. The van der Waals surface area contributed by atoms with Crippen LogP contribution in [0.3, 0.4) is 0 Å². The first-order valence-corrected chi connectivity index (χ1v) is 5.43. The summed E-state index contributed by atoms with van der Waals surface area (Å²) in [4.78, 5) is 0. The van der Waals surface area contributed by atoms with Crippen molar-refractivity contribution in [3.63, 3.8) is 0 Å². The minimum atomic E-state index is 0.157. The van der Waals surface area contributed by atoms with E-state index in [0.717, 1.165) is 11.4 Å². The van der Waals surface area contributed by atoms with Crippen molar-refractivity contribution < 1.29 is 0 Å². The van der Waals surface area contributed by atoms with E-state index in [1.54, 1.807) is 0 Å². The average Bonchev–Trinajstić information content (AvgIpc) is 2.12. The highest BCUT2D eigenvalue weighted by Crippen LogP contribution is 2.41. The molecule has 0 nitrogen and oxygen atoms in total. The lowest BCUT2D eigenvalue weighted by Gasteiger charge is -2.26. The predicted molar refractivity (Wildman–Crippen MR) is 57.7 cm³/mol. The summed E-state index contributed by atoms with van der Waals surface area (Å²) in [5.74, 6) is 0.627. The molecule has 1 aliphatic rings. The third kappa shape index (κ3) is 1.70. The van der Waals surface area contributed by atoms with Crippen molar-refractivity contribution in [3.05, 3.63) is 34.3 Å². The molecule has 0 N–H and O–H groups in total. The van der Waals surface area contributed by atoms with E-state index in [1.807, 2.05) is 12.1 Å². The molecule has 2 unspecified atom stereocenters. The first-order valence-electron chi connectivity index (χ1n) is 4.62. The summed E-state index contributed by atoms with van der Waals surface area (Å²) in [5.41, 5.74) is 2.60. The van der Waals surface area contributed by atoms with E-state index in [1.165, 1.54) is 17.5 Å². The maximum absolute atomic E-state index is 6.23. The minimum Gasteiger partial charge on any atom is -0.118 e. The van der Waals surface area contributed by atoms with Crippen molar-refractivity contribution in [2.24, 2.45) is 0 Å². The molecule has 1 aromatic carbocycles. The molecule has 0 aromatic heterocycles. The van der Waals surface area contributed by atoms with E-state index in [2.05, 4.69) is 13.0 Å². The van der Waals surface area contributed by atoms with Crippen LogP contribution in [0.25, 0.3) is 0 Å². The summed E-state index contributed by atoms with van der Waals surface area (Å²) in [6.07, 6.45) is 2.25. The van der Waals surface area contributed by atoms with Gasteiger partial charge in [-0.1, -0.05) is 24.6 Å². The summed E-state index contributed by atoms with van der Waals surface area (Å²) in [6, 6.07) is 6.06. The molecule has 1 aromatic rings. The van der Waals surface area contributed by atoms with Gasteiger partial charge < -0.3 is 0 Å². The Morgan fingerprint density at radius 1 is 1.23 bits per heavy atom. The maximum Gasteiger partial charge on any atom is 0.0588 e. The Morgan fingerprint density at radius 2 is 2.00 bits per heavy atom. The molecule has 0 saturated heterocycles. The Balaban J connectivity index is 2.50. The SMILES string of the molecule is CC1CCC(Cl)c2cc(Cl)ccc21. The maximum atomic E-state index is 6.23. The molecular weight excluding hydrogens is 203 g/mol. The summed E-state index contributed by atoms with van der Waals surface area (Å²) in [7, 11) is 0. The van der Waals surface area contributed by atoms with Crippen molar-refractivity contribution in [2.75, 3.05) is 0 Å². The highest BCUT2D eigenvalue weighted by Gasteiger charge is 2.22. The molecule has 2 atom stereocenters. The van der Waals surface area contributed by atoms with Crippen molar-refractivity contribution in [1.29, 1.82) is 0 Å². The molecule has 0 aliphatic heterocycles. The summed E-state index contributed by atoms with van der Waals surface area (Å²) >= 11 is 12.2. The topological polar surface area (TPSA) is 0 Å². The van der Waals surface area contributed by atoms with Gasteiger partial charge in [0.05, 0.1) is 5.38 Å². The van der Waals surface area contributed by atoms with Crippen LogP contribution >= 0.6 is 23.2 Å². The number of halogens is 2. The Kier molecular flexibility index (Phi) is 2.53. The minimum absolute atomic E-state index is 0.157. The lowest BCUT2D eigenvalue weighted by atomic mass is 9.84. The van der Waals surface area contributed by atoms with Gasteiger partial charge in [-0.05, 0) is 42.0 Å². The van der Waals surface area contributed by atoms with Crippen LogP contribution in [0.5, 0.6) is 0 Å². The number of hydrogen-bond donors (Lipinski definition) is 0. The fourth-order valence-electron chi connectivity index (χ4n) is 1.97. The zero-order valence-electron chi connectivity index (χ0n) is 7.56. The monoisotopic (exact) mass is 214 g/mol. The lowest BCUT2D eigenvalue weighted by molar-refractivity contribution is 0.579. The standard InChI is InChI=1S/C11H12Cl2/c1-7-2-5-11(13)10-6-8(12)3-4-9(7)10/h3-4,6-7,11H,2,5H2,1H3. The second-order valence-electron chi connectivity index (χ2n) is 3.72. The molecule has 1 aliphatic carbocycles. The van der Waals surface area contributed by atoms with E-state index in [4.69, 9.17) is 23.2 Å². The molecule has 0 bridgehead atoms. The van der Waals surface area contributed by atoms with Gasteiger partial charge in [-0.3, -0.25) is 0 Å². The molecule has 0 amide bonds. The molecule has 0 radical (unpaired) electrons. The number of hydrogen-bond acceptors (Lipinski definition) is 0. The molecule has 0 heterocycles. The first-order chi connectivity index (χ1) is 6.18. The van der Waals surface area contributed by atoms with Crippen LogP contribution in [-0.2, 0) is 0 Å². The van der Waals surface area contributed by atoms with Gasteiger partial charge in [-0.25, -0.2) is 0 Å². The zero-order chi connectivity index (χ0) is 9.42. The molecule has 70 valence electrons. The molecule has 0 saturated carbocycles. The lowest BCUT2D eigenvalue weighted by Crippen LogP contribution is -2.08. The van der Waals surface area contributed by atoms with Gasteiger partial charge in [-0.15, -0.1) is 11.6 Å². The number of alkyl halides is 1. The summed E-state index contributed by atoms with van der Waals surface area (Å²) in [6.45, 7) is 2.25. The van der Waals surface area contributed by atoms with Crippen molar-refractivity contribution in [1.82, 2.24) is 0 Å². The highest BCUT2D eigenvalue weighted by atomic mass is 35.5. The second-order valence-corrected chi connectivity index (χ2v) is 4.68. The third-order valence-electron chi connectivity index (χ3n) is 2.77. The smallest absolute Gasteiger partial charge is 0.0588 e. The van der Waals surface area contributed by atoms with Crippen molar-refractivity contribution in [2.45, 2.75) is 31.1 Å². The molecule has 2 rings (SSSR count). The average molecular weight is 215 g/mol. The van der Waals surface area contributed by atoms with Crippen LogP contribution in [0.4, 0.5) is 0 Å². The van der Waals surface area contributed by atoms with E-state index in [9.17, 15) is 0 Å². The number of rotatable bonds is 0. The largest absolute Gasteiger partial charge is 0.118 e. The fourth-order valence-corrected chi connectivity index (χ4v) is 2.47. The predicted octanol–water partition coefficient (Wildman–Crippen LogP) is 4.52. The van der Waals surface area contributed by atoms with Gasteiger partial charge in [0, 0.05) is 5.02 Å². The third-order valence-corrected chi connectivity index (χ3v) is 3.46. The summed E-state index contributed by atoms with van der Waals surface area (Å²) < 4.78 is 0. The van der Waals surface area contributed by atoms with Crippen LogP contribution in [0.2, 0.25) is 5.02 Å². The molecule has 13 heavy (non-hydrogen) atoms. The normalized spacial score (nSPS) is 27.0. The van der Waals surface area contributed by atoms with Gasteiger partial charge >= 0.3 is 0 Å². The van der Waals surface area contributed by atoms with E-state index < -0.39 is 0 Å². The fraction of sp³-hybridized carbons (Fsp3) is 0.455. The van der Waals surface area contributed by atoms with Gasteiger partial charge in [0.25, 0.3) is 0 Å². The van der Waals surface area contributed by atoms with Gasteiger partial charge in [0.2, 0.25) is 0 Å². The van der Waals surface area contributed by atoms with Crippen molar-refractivity contribution in [3.8, 4) is 0 Å². The van der Waals surface area contributed by atoms with E-state index >= 15 is 0 Å². The molecule has 2 heteroatoms. The number of fused-ring (bicyclic) bond motifs is 1. The summed E-state index contributed by atoms with van der Waals surface area (Å²) in [5, 5.41) is 0.948. The van der Waals surface area contributed by atoms with E-state index in [-0.39, 0.29) is 5.38 Å². The Morgan fingerprint density at radius 3 is 2.77 bits per heavy atom. The van der Waals surface area contributed by atoms with Gasteiger partial charge in [-0.2, -0.15) is 0 Å².